The monoisotopic (exact) mass is 841 g/mol. The third-order valence-electron chi connectivity index (χ3n) is 11.1. The van der Waals surface area contributed by atoms with Gasteiger partial charge in [-0.2, -0.15) is 0 Å². The van der Waals surface area contributed by atoms with Gasteiger partial charge in [0.2, 0.25) is 0 Å². The molecule has 0 fully saturated rings. The number of unbranched alkanes of at least 4 members (excludes halogenated alkanes) is 27. The highest BCUT2D eigenvalue weighted by atomic mass is 16.6. The Morgan fingerprint density at radius 2 is 0.650 bits per heavy atom. The summed E-state index contributed by atoms with van der Waals surface area (Å²) in [5.41, 5.74) is 0. The van der Waals surface area contributed by atoms with Crippen molar-refractivity contribution in [2.45, 2.75) is 264 Å². The number of allylic oxidation sites excluding steroid dienone is 8. The summed E-state index contributed by atoms with van der Waals surface area (Å²) in [4.78, 5) is 37.9. The summed E-state index contributed by atoms with van der Waals surface area (Å²) in [7, 11) is 0. The maximum Gasteiger partial charge on any atom is 0.306 e. The Morgan fingerprint density at radius 1 is 0.350 bits per heavy atom. The molecule has 0 saturated carbocycles. The van der Waals surface area contributed by atoms with E-state index in [1.165, 1.54) is 109 Å². The van der Waals surface area contributed by atoms with Crippen LogP contribution >= 0.6 is 0 Å². The van der Waals surface area contributed by atoms with Crippen molar-refractivity contribution >= 4 is 17.9 Å². The van der Waals surface area contributed by atoms with Gasteiger partial charge in [-0.05, 0) is 77.0 Å². The quantitative estimate of drug-likeness (QED) is 0.0263. The first-order chi connectivity index (χ1) is 29.5. The van der Waals surface area contributed by atoms with Gasteiger partial charge in [0.1, 0.15) is 13.2 Å². The molecule has 348 valence electrons. The van der Waals surface area contributed by atoms with E-state index < -0.39 is 6.10 Å². The molecule has 0 amide bonds. The number of carbonyl (C=O) groups excluding carboxylic acids is 3. The first-order valence-corrected chi connectivity index (χ1v) is 25.6. The molecule has 0 aliphatic rings. The molecule has 60 heavy (non-hydrogen) atoms. The van der Waals surface area contributed by atoms with E-state index in [0.717, 1.165) is 109 Å². The molecule has 0 saturated heterocycles. The standard InChI is InChI=1S/C54H96O6/c1-4-7-10-13-16-19-22-25-27-30-32-35-38-41-44-47-53(56)59-50-51(49-58-52(55)46-43-40-37-34-31-28-24-21-18-15-12-9-6-3)60-54(57)48-45-42-39-36-33-29-26-23-20-17-14-11-8-5-2/h7,10,16,19,23,25-27,51H,4-6,8-9,11-15,17-18,20-22,24,28-50H2,1-3H3/b10-7-,19-16-,26-23-,27-25-. The van der Waals surface area contributed by atoms with E-state index in [4.69, 9.17) is 14.2 Å². The van der Waals surface area contributed by atoms with E-state index in [0.29, 0.717) is 19.3 Å². The van der Waals surface area contributed by atoms with Crippen molar-refractivity contribution in [3.8, 4) is 0 Å². The number of hydrogen-bond acceptors (Lipinski definition) is 6. The van der Waals surface area contributed by atoms with Gasteiger partial charge in [-0.15, -0.1) is 0 Å². The molecule has 0 radical (unpaired) electrons. The Morgan fingerprint density at radius 3 is 1.03 bits per heavy atom. The van der Waals surface area contributed by atoms with Gasteiger partial charge in [0.05, 0.1) is 0 Å². The second-order valence-corrected chi connectivity index (χ2v) is 17.1. The molecule has 1 unspecified atom stereocenters. The second kappa shape index (κ2) is 49.0. The molecule has 0 aliphatic heterocycles. The van der Waals surface area contributed by atoms with Crippen molar-refractivity contribution in [3.05, 3.63) is 48.6 Å². The van der Waals surface area contributed by atoms with Crippen molar-refractivity contribution < 1.29 is 28.6 Å². The topological polar surface area (TPSA) is 78.9 Å². The third kappa shape index (κ3) is 46.4. The zero-order chi connectivity index (χ0) is 43.7. The number of hydrogen-bond donors (Lipinski definition) is 0. The highest BCUT2D eigenvalue weighted by Gasteiger charge is 2.19. The fraction of sp³-hybridized carbons (Fsp3) is 0.796. The van der Waals surface area contributed by atoms with Gasteiger partial charge < -0.3 is 14.2 Å². The lowest BCUT2D eigenvalue weighted by Gasteiger charge is -2.18. The molecule has 6 nitrogen and oxygen atoms in total. The summed E-state index contributed by atoms with van der Waals surface area (Å²) >= 11 is 0. The summed E-state index contributed by atoms with van der Waals surface area (Å²) in [5.74, 6) is -0.899. The highest BCUT2D eigenvalue weighted by Crippen LogP contribution is 2.15. The minimum atomic E-state index is -0.781. The van der Waals surface area contributed by atoms with Crippen LogP contribution in [0.3, 0.4) is 0 Å². The minimum absolute atomic E-state index is 0.0798. The fourth-order valence-electron chi connectivity index (χ4n) is 7.22. The van der Waals surface area contributed by atoms with Crippen LogP contribution in [0, 0.1) is 0 Å². The van der Waals surface area contributed by atoms with Gasteiger partial charge in [0.25, 0.3) is 0 Å². The molecular formula is C54H96O6. The van der Waals surface area contributed by atoms with Crippen LogP contribution in [0.2, 0.25) is 0 Å². The van der Waals surface area contributed by atoms with Crippen molar-refractivity contribution in [1.29, 1.82) is 0 Å². The molecule has 0 aromatic rings. The molecule has 0 aromatic carbocycles. The van der Waals surface area contributed by atoms with E-state index in [1.54, 1.807) is 0 Å². The first-order valence-electron chi connectivity index (χ1n) is 25.6. The molecule has 0 N–H and O–H groups in total. The number of rotatable bonds is 46. The highest BCUT2D eigenvalue weighted by molar-refractivity contribution is 5.71. The zero-order valence-electron chi connectivity index (χ0n) is 39.7. The predicted molar refractivity (Wildman–Crippen MR) is 256 cm³/mol. The summed E-state index contributed by atoms with van der Waals surface area (Å²) in [6.07, 6.45) is 58.0. The van der Waals surface area contributed by atoms with Crippen LogP contribution in [0.4, 0.5) is 0 Å². The van der Waals surface area contributed by atoms with Gasteiger partial charge in [-0.3, -0.25) is 14.4 Å². The molecular weight excluding hydrogens is 745 g/mol. The van der Waals surface area contributed by atoms with E-state index in [9.17, 15) is 14.4 Å². The van der Waals surface area contributed by atoms with Crippen LogP contribution in [0.15, 0.2) is 48.6 Å². The maximum absolute atomic E-state index is 12.8. The van der Waals surface area contributed by atoms with Crippen molar-refractivity contribution in [3.63, 3.8) is 0 Å². The van der Waals surface area contributed by atoms with E-state index in [1.807, 2.05) is 0 Å². The van der Waals surface area contributed by atoms with Crippen LogP contribution < -0.4 is 0 Å². The van der Waals surface area contributed by atoms with Crippen molar-refractivity contribution in [2.75, 3.05) is 13.2 Å². The van der Waals surface area contributed by atoms with Crippen LogP contribution in [-0.4, -0.2) is 37.2 Å². The van der Waals surface area contributed by atoms with Gasteiger partial charge >= 0.3 is 17.9 Å². The number of carbonyl (C=O) groups is 3. The minimum Gasteiger partial charge on any atom is -0.462 e. The lowest BCUT2D eigenvalue weighted by Crippen LogP contribution is -2.30. The fourth-order valence-corrected chi connectivity index (χ4v) is 7.22. The SMILES string of the molecule is CC/C=C\C/C=C\C/C=C\CCCCCCCC(=O)OCC(COC(=O)CCCCCCCCCCCCCCC)OC(=O)CCCCCCC/C=C\CCCCCCC. The summed E-state index contributed by atoms with van der Waals surface area (Å²) in [5, 5.41) is 0. The number of esters is 3. The van der Waals surface area contributed by atoms with E-state index in [2.05, 4.69) is 69.4 Å². The second-order valence-electron chi connectivity index (χ2n) is 17.1. The number of ether oxygens (including phenoxy) is 3. The van der Waals surface area contributed by atoms with E-state index in [-0.39, 0.29) is 31.1 Å². The van der Waals surface area contributed by atoms with Crippen molar-refractivity contribution in [1.82, 2.24) is 0 Å². The van der Waals surface area contributed by atoms with Gasteiger partial charge in [-0.1, -0.05) is 211 Å². The molecule has 0 spiro atoms. The van der Waals surface area contributed by atoms with Crippen molar-refractivity contribution in [2.24, 2.45) is 0 Å². The Bertz CT molecular complexity index is 1060. The summed E-state index contributed by atoms with van der Waals surface area (Å²) < 4.78 is 16.8. The van der Waals surface area contributed by atoms with Gasteiger partial charge in [-0.25, -0.2) is 0 Å². The van der Waals surface area contributed by atoms with Crippen LogP contribution in [0.25, 0.3) is 0 Å². The maximum atomic E-state index is 12.8. The Kier molecular flexibility index (Phi) is 46.9. The Hall–Kier alpha value is -2.63. The van der Waals surface area contributed by atoms with E-state index >= 15 is 0 Å². The first kappa shape index (κ1) is 57.4. The zero-order valence-corrected chi connectivity index (χ0v) is 39.7. The largest absolute Gasteiger partial charge is 0.462 e. The van der Waals surface area contributed by atoms with Gasteiger partial charge in [0.15, 0.2) is 6.10 Å². The average molecular weight is 841 g/mol. The third-order valence-corrected chi connectivity index (χ3v) is 11.1. The predicted octanol–water partition coefficient (Wildman–Crippen LogP) is 16.7. The van der Waals surface area contributed by atoms with Crippen LogP contribution in [0.5, 0.6) is 0 Å². The lowest BCUT2D eigenvalue weighted by atomic mass is 10.0. The normalized spacial score (nSPS) is 12.4. The Labute approximate surface area is 371 Å². The molecule has 6 heteroatoms. The average Bonchev–Trinajstić information content (AvgIpc) is 3.24. The molecule has 0 aromatic heterocycles. The molecule has 1 atom stereocenters. The summed E-state index contributed by atoms with van der Waals surface area (Å²) in [6, 6.07) is 0. The van der Waals surface area contributed by atoms with Gasteiger partial charge in [0, 0.05) is 19.3 Å². The molecule has 0 heterocycles. The van der Waals surface area contributed by atoms with Crippen LogP contribution in [0.1, 0.15) is 258 Å². The lowest BCUT2D eigenvalue weighted by molar-refractivity contribution is -0.167. The molecule has 0 bridgehead atoms. The van der Waals surface area contributed by atoms with Crippen LogP contribution in [-0.2, 0) is 28.6 Å². The smallest absolute Gasteiger partial charge is 0.306 e. The Balaban J connectivity index is 4.40. The molecule has 0 rings (SSSR count). The molecule has 0 aliphatic carbocycles. The summed E-state index contributed by atoms with van der Waals surface area (Å²) in [6.45, 7) is 6.51.